The van der Waals surface area contributed by atoms with E-state index in [-0.39, 0.29) is 0 Å². The number of nitrogens with one attached hydrogen (secondary N) is 1. The van der Waals surface area contributed by atoms with Crippen LogP contribution < -0.4 is 5.32 Å². The standard InChI is InChI=1S/C20H25N3/c1-16-7-2-3-8-17(19-12-14-21-15-23-19)9-6-10-18(16)20-11-4-5-13-22-20/h2-4,6,9-12,15-17H,5,7-8,13-14H2,1H3,(H,21,23)/b3-2+,9-6-,18-10+/t16-,17?/m0/s1. The number of aliphatic imine (C=N–C) groups is 2. The number of nitrogens with zero attached hydrogens (tertiary/aromatic N) is 2. The molecule has 1 unspecified atom stereocenters. The average molecular weight is 307 g/mol. The van der Waals surface area contributed by atoms with Crippen LogP contribution in [0.3, 0.4) is 0 Å². The lowest BCUT2D eigenvalue weighted by molar-refractivity contribution is 0.704. The van der Waals surface area contributed by atoms with Gasteiger partial charge in [0.25, 0.3) is 0 Å². The second-order valence-electron chi connectivity index (χ2n) is 6.21. The summed E-state index contributed by atoms with van der Waals surface area (Å²) in [5.74, 6) is 0.837. The predicted octanol–water partition coefficient (Wildman–Crippen LogP) is 3.99. The summed E-state index contributed by atoms with van der Waals surface area (Å²) in [4.78, 5) is 9.19. The third-order valence-electron chi connectivity index (χ3n) is 4.46. The first-order valence-electron chi connectivity index (χ1n) is 8.55. The van der Waals surface area contributed by atoms with Crippen molar-refractivity contribution >= 4 is 12.1 Å². The Labute approximate surface area is 139 Å². The SMILES string of the molecule is C[C@H]1C/C=C/CC(C2=CCNC=N2)/C=C\C=C/1C1=NCCC=C1. The van der Waals surface area contributed by atoms with Crippen molar-refractivity contribution < 1.29 is 0 Å². The van der Waals surface area contributed by atoms with Gasteiger partial charge in [0.2, 0.25) is 0 Å². The summed E-state index contributed by atoms with van der Waals surface area (Å²) >= 11 is 0. The monoisotopic (exact) mass is 307 g/mol. The van der Waals surface area contributed by atoms with Gasteiger partial charge in [-0.1, -0.05) is 43.4 Å². The molecule has 0 fully saturated rings. The maximum atomic E-state index is 4.70. The molecule has 0 aromatic rings. The lowest BCUT2D eigenvalue weighted by Gasteiger charge is -2.19. The lowest BCUT2D eigenvalue weighted by Crippen LogP contribution is -2.17. The molecule has 120 valence electrons. The van der Waals surface area contributed by atoms with E-state index in [0.29, 0.717) is 11.8 Å². The van der Waals surface area contributed by atoms with Gasteiger partial charge < -0.3 is 5.32 Å². The fraction of sp³-hybridized carbons (Fsp3) is 0.400. The Morgan fingerprint density at radius 2 is 2.09 bits per heavy atom. The third-order valence-corrected chi connectivity index (χ3v) is 4.46. The summed E-state index contributed by atoms with van der Waals surface area (Å²) < 4.78 is 0. The normalized spacial score (nSPS) is 32.8. The van der Waals surface area contributed by atoms with E-state index in [1.165, 1.54) is 5.57 Å². The molecule has 3 rings (SSSR count). The third kappa shape index (κ3) is 4.19. The Morgan fingerprint density at radius 3 is 2.87 bits per heavy atom. The number of hydrogen-bond acceptors (Lipinski definition) is 3. The second-order valence-corrected chi connectivity index (χ2v) is 6.21. The number of allylic oxidation sites excluding steroid dienone is 7. The molecule has 3 aliphatic rings. The minimum absolute atomic E-state index is 0.347. The van der Waals surface area contributed by atoms with E-state index in [1.54, 1.807) is 6.34 Å². The zero-order valence-electron chi connectivity index (χ0n) is 13.8. The molecule has 2 atom stereocenters. The summed E-state index contributed by atoms with van der Waals surface area (Å²) in [6, 6.07) is 0. The molecular weight excluding hydrogens is 282 g/mol. The van der Waals surface area contributed by atoms with Crippen molar-refractivity contribution in [2.45, 2.75) is 26.2 Å². The molecule has 0 radical (unpaired) electrons. The molecule has 23 heavy (non-hydrogen) atoms. The van der Waals surface area contributed by atoms with Crippen LogP contribution in [0.5, 0.6) is 0 Å². The summed E-state index contributed by atoms with van der Waals surface area (Å²) in [7, 11) is 0. The van der Waals surface area contributed by atoms with Crippen molar-refractivity contribution in [3.8, 4) is 0 Å². The first kappa shape index (κ1) is 15.7. The van der Waals surface area contributed by atoms with Crippen molar-refractivity contribution in [1.29, 1.82) is 0 Å². The molecule has 3 nitrogen and oxygen atoms in total. The van der Waals surface area contributed by atoms with Crippen LogP contribution in [0, 0.1) is 11.8 Å². The van der Waals surface area contributed by atoms with Crippen molar-refractivity contribution in [3.63, 3.8) is 0 Å². The molecule has 0 spiro atoms. The van der Waals surface area contributed by atoms with E-state index in [9.17, 15) is 0 Å². The molecule has 2 aliphatic heterocycles. The van der Waals surface area contributed by atoms with E-state index in [1.807, 2.05) is 0 Å². The fourth-order valence-corrected chi connectivity index (χ4v) is 3.09. The molecule has 2 heterocycles. The van der Waals surface area contributed by atoms with E-state index in [0.717, 1.165) is 43.8 Å². The van der Waals surface area contributed by atoms with Gasteiger partial charge in [0, 0.05) is 24.7 Å². The van der Waals surface area contributed by atoms with Crippen LogP contribution in [0.15, 0.2) is 69.9 Å². The molecule has 3 heteroatoms. The first-order chi connectivity index (χ1) is 11.3. The van der Waals surface area contributed by atoms with Gasteiger partial charge in [-0.2, -0.15) is 0 Å². The van der Waals surface area contributed by atoms with E-state index >= 15 is 0 Å². The van der Waals surface area contributed by atoms with Crippen molar-refractivity contribution in [2.75, 3.05) is 13.1 Å². The Kier molecular flexibility index (Phi) is 5.41. The van der Waals surface area contributed by atoms with Crippen LogP contribution in [0.4, 0.5) is 0 Å². The number of hydrogen-bond donors (Lipinski definition) is 1. The van der Waals surface area contributed by atoms with Crippen LogP contribution >= 0.6 is 0 Å². The van der Waals surface area contributed by atoms with Crippen LogP contribution in [-0.4, -0.2) is 25.1 Å². The Balaban J connectivity index is 1.85. The molecule has 0 saturated heterocycles. The van der Waals surface area contributed by atoms with Gasteiger partial charge in [-0.25, -0.2) is 4.99 Å². The van der Waals surface area contributed by atoms with Crippen LogP contribution in [0.25, 0.3) is 0 Å². The van der Waals surface area contributed by atoms with E-state index in [4.69, 9.17) is 4.99 Å². The molecule has 0 aromatic carbocycles. The maximum absolute atomic E-state index is 4.70. The summed E-state index contributed by atoms with van der Waals surface area (Å²) in [6.45, 7) is 4.06. The van der Waals surface area contributed by atoms with Gasteiger partial charge >= 0.3 is 0 Å². The smallest absolute Gasteiger partial charge is 0.0884 e. The minimum atomic E-state index is 0.347. The van der Waals surface area contributed by atoms with Crippen molar-refractivity contribution in [1.82, 2.24) is 5.32 Å². The maximum Gasteiger partial charge on any atom is 0.0884 e. The van der Waals surface area contributed by atoms with Crippen LogP contribution in [-0.2, 0) is 0 Å². The second kappa shape index (κ2) is 7.91. The number of rotatable bonds is 2. The zero-order valence-corrected chi connectivity index (χ0v) is 13.8. The Bertz CT molecular complexity index is 629. The quantitative estimate of drug-likeness (QED) is 0.770. The van der Waals surface area contributed by atoms with E-state index in [2.05, 4.69) is 65.8 Å². The topological polar surface area (TPSA) is 36.8 Å². The molecule has 0 amide bonds. The van der Waals surface area contributed by atoms with Crippen molar-refractivity contribution in [3.05, 3.63) is 59.9 Å². The first-order valence-corrected chi connectivity index (χ1v) is 8.55. The lowest BCUT2D eigenvalue weighted by atomic mass is 9.89. The van der Waals surface area contributed by atoms with E-state index < -0.39 is 0 Å². The molecule has 1 N–H and O–H groups in total. The van der Waals surface area contributed by atoms with Gasteiger partial charge in [0.05, 0.1) is 12.1 Å². The summed E-state index contributed by atoms with van der Waals surface area (Å²) in [5.41, 5.74) is 3.64. The Hall–Kier alpha value is -2.16. The highest BCUT2D eigenvalue weighted by Gasteiger charge is 2.15. The largest absolute Gasteiger partial charge is 0.373 e. The molecule has 0 aromatic heterocycles. The molecule has 0 bridgehead atoms. The molecular formula is C20H25N3. The highest BCUT2D eigenvalue weighted by atomic mass is 15.0. The summed E-state index contributed by atoms with van der Waals surface area (Å²) in [6.07, 6.45) is 22.8. The Morgan fingerprint density at radius 1 is 1.17 bits per heavy atom. The number of dihydropyridines is 1. The molecule has 0 saturated carbocycles. The van der Waals surface area contributed by atoms with Gasteiger partial charge in [0.15, 0.2) is 0 Å². The highest BCUT2D eigenvalue weighted by molar-refractivity contribution is 6.09. The van der Waals surface area contributed by atoms with Gasteiger partial charge in [-0.05, 0) is 42.9 Å². The van der Waals surface area contributed by atoms with Crippen LogP contribution in [0.1, 0.15) is 26.2 Å². The predicted molar refractivity (Wildman–Crippen MR) is 98.9 cm³/mol. The van der Waals surface area contributed by atoms with Gasteiger partial charge in [0.1, 0.15) is 0 Å². The van der Waals surface area contributed by atoms with Crippen LogP contribution in [0.2, 0.25) is 0 Å². The average Bonchev–Trinajstić information content (AvgIpc) is 2.62. The summed E-state index contributed by atoms with van der Waals surface area (Å²) in [5, 5.41) is 3.11. The van der Waals surface area contributed by atoms with Gasteiger partial charge in [-0.15, -0.1) is 0 Å². The fourth-order valence-electron chi connectivity index (χ4n) is 3.09. The highest BCUT2D eigenvalue weighted by Crippen LogP contribution is 2.24. The van der Waals surface area contributed by atoms with Gasteiger partial charge in [-0.3, -0.25) is 4.99 Å². The molecule has 1 aliphatic carbocycles. The zero-order chi connectivity index (χ0) is 15.9. The van der Waals surface area contributed by atoms with Crippen molar-refractivity contribution in [2.24, 2.45) is 21.8 Å². The minimum Gasteiger partial charge on any atom is -0.373 e.